The molecule has 4 aliphatic carbocycles. The first-order valence-corrected chi connectivity index (χ1v) is 43.2. The number of nitrogens with one attached hydrogen (secondary N) is 2. The summed E-state index contributed by atoms with van der Waals surface area (Å²) in [5, 5.41) is 153. The number of aliphatic hydroxyl groups excluding tert-OH is 10. The monoisotopic (exact) mass is 1760 g/mol. The Morgan fingerprint density at radius 1 is 0.455 bits per heavy atom. The summed E-state index contributed by atoms with van der Waals surface area (Å²) < 4.78 is 104. The maximum atomic E-state index is 14.3. The fourth-order valence-electron chi connectivity index (χ4n) is 17.8. The topological polar surface area (TPSA) is 588 Å². The van der Waals surface area contributed by atoms with Crippen LogP contribution in [-0.2, 0) is 136 Å². The number of esters is 2. The molecule has 6 heterocycles. The third-order valence-electron chi connectivity index (χ3n) is 24.7. The average Bonchev–Trinajstić information content (AvgIpc) is 1.41. The minimum atomic E-state index is -1.73. The smallest absolute Gasteiger partial charge is 0.332 e. The fourth-order valence-corrected chi connectivity index (χ4v) is 17.8. The van der Waals surface area contributed by atoms with Crippen LogP contribution in [0.4, 0.5) is 0 Å². The van der Waals surface area contributed by atoms with Crippen molar-refractivity contribution < 1.29 is 171 Å². The molecule has 30 atom stereocenters. The van der Waals surface area contributed by atoms with Crippen molar-refractivity contribution in [3.63, 3.8) is 0 Å². The van der Waals surface area contributed by atoms with Crippen molar-refractivity contribution in [3.8, 4) is 0 Å². The molecular weight excluding hydrogens is 1630 g/mol. The molecule has 123 heavy (non-hydrogen) atoms. The first-order chi connectivity index (χ1) is 59.1. The van der Waals surface area contributed by atoms with Gasteiger partial charge >= 0.3 is 23.9 Å². The number of carbonyl (C=O) groups is 6. The van der Waals surface area contributed by atoms with Gasteiger partial charge in [-0.15, -0.1) is 10.2 Å². The maximum absolute atomic E-state index is 14.3. The fraction of sp³-hybridized carbons (Fsp3) is 0.875. The van der Waals surface area contributed by atoms with Crippen LogP contribution in [0.5, 0.6) is 0 Å². The van der Waals surface area contributed by atoms with Crippen molar-refractivity contribution in [2.24, 2.45) is 35.5 Å². The third-order valence-corrected chi connectivity index (χ3v) is 24.7. The number of methoxy groups -OCH3 is 2. The predicted molar refractivity (Wildman–Crippen MR) is 415 cm³/mol. The molecule has 2 aromatic heterocycles. The van der Waals surface area contributed by atoms with E-state index in [4.69, 9.17) is 80.5 Å². The predicted octanol–water partition coefficient (Wildman–Crippen LogP) is -2.19. The van der Waals surface area contributed by atoms with E-state index in [1.54, 1.807) is 0 Å². The summed E-state index contributed by atoms with van der Waals surface area (Å²) in [6.45, 7) is 5.59. The third kappa shape index (κ3) is 27.6. The number of aromatic nitrogens is 6. The summed E-state index contributed by atoms with van der Waals surface area (Å²) in [5.41, 5.74) is 0.682. The Bertz CT molecular complexity index is 3310. The molecule has 18 unspecified atom stereocenters. The van der Waals surface area contributed by atoms with Gasteiger partial charge in [0.1, 0.15) is 110 Å². The molecule has 2 amide bonds. The minimum Gasteiger partial charge on any atom is -0.479 e. The molecule has 8 fully saturated rings. The van der Waals surface area contributed by atoms with E-state index < -0.39 is 245 Å². The van der Waals surface area contributed by atoms with E-state index in [2.05, 4.69) is 31.3 Å². The second kappa shape index (κ2) is 49.0. The van der Waals surface area contributed by atoms with Crippen LogP contribution in [0, 0.1) is 35.5 Å². The van der Waals surface area contributed by atoms with E-state index in [1.165, 1.54) is 49.8 Å². The van der Waals surface area contributed by atoms with E-state index in [1.807, 2.05) is 13.8 Å². The molecular formula is C80H130N8O35. The lowest BCUT2D eigenvalue weighted by molar-refractivity contribution is -0.338. The van der Waals surface area contributed by atoms with Crippen molar-refractivity contribution in [2.45, 2.75) is 329 Å². The number of aliphatic hydroxyl groups is 10. The second-order valence-electron chi connectivity index (χ2n) is 33.3. The van der Waals surface area contributed by atoms with Gasteiger partial charge in [0.15, 0.2) is 37.4 Å². The van der Waals surface area contributed by atoms with Crippen molar-refractivity contribution in [2.75, 3.05) is 80.3 Å². The van der Waals surface area contributed by atoms with Crippen molar-refractivity contribution in [1.82, 2.24) is 40.6 Å². The van der Waals surface area contributed by atoms with Gasteiger partial charge < -0.3 is 152 Å². The van der Waals surface area contributed by atoms with Gasteiger partial charge in [-0.1, -0.05) is 101 Å². The number of carbonyl (C=O) groups excluding carboxylic acids is 4. The molecule has 2 aromatic rings. The van der Waals surface area contributed by atoms with Crippen molar-refractivity contribution in [3.05, 3.63) is 23.8 Å². The van der Waals surface area contributed by atoms with Crippen LogP contribution in [0.3, 0.4) is 0 Å². The largest absolute Gasteiger partial charge is 0.479 e. The first kappa shape index (κ1) is 99.3. The lowest BCUT2D eigenvalue weighted by Gasteiger charge is -2.49. The van der Waals surface area contributed by atoms with Gasteiger partial charge in [-0.05, 0) is 76.0 Å². The van der Waals surface area contributed by atoms with Crippen LogP contribution in [0.25, 0.3) is 0 Å². The Morgan fingerprint density at radius 2 is 0.813 bits per heavy atom. The molecule has 8 aliphatic rings. The molecule has 43 nitrogen and oxygen atoms in total. The van der Waals surface area contributed by atoms with Gasteiger partial charge in [-0.2, -0.15) is 0 Å². The highest BCUT2D eigenvalue weighted by molar-refractivity contribution is 5.77. The van der Waals surface area contributed by atoms with E-state index in [9.17, 15) is 90.0 Å². The average molecular weight is 1760 g/mol. The van der Waals surface area contributed by atoms with E-state index in [0.29, 0.717) is 24.2 Å². The van der Waals surface area contributed by atoms with Crippen LogP contribution in [-0.4, -0.2) is 367 Å². The quantitative estimate of drug-likeness (QED) is 0.0247. The Morgan fingerprint density at radius 3 is 1.15 bits per heavy atom. The second-order valence-corrected chi connectivity index (χ2v) is 33.3. The molecule has 4 aliphatic heterocycles. The Labute approximate surface area is 712 Å². The van der Waals surface area contributed by atoms with Crippen LogP contribution in [0.1, 0.15) is 155 Å². The van der Waals surface area contributed by atoms with Gasteiger partial charge in [0.25, 0.3) is 0 Å². The number of rotatable bonds is 46. The molecule has 700 valence electrons. The van der Waals surface area contributed by atoms with E-state index >= 15 is 0 Å². The van der Waals surface area contributed by atoms with Crippen LogP contribution < -0.4 is 10.6 Å². The number of aliphatic carboxylic acids is 2. The van der Waals surface area contributed by atoms with Gasteiger partial charge in [0.2, 0.25) is 11.8 Å². The number of hydrogen-bond acceptors (Lipinski definition) is 37. The summed E-state index contributed by atoms with van der Waals surface area (Å²) in [6, 6.07) is -3.01. The number of hydrogen-bond donors (Lipinski definition) is 14. The molecule has 0 bridgehead atoms. The standard InChI is InChI=1S/C80H130N8O35/c1-7-45-29-47(75(105)107-5)31-51(69(45)122-79-67(99)65(97)61(93)41(3)114-79)118-77-59(71(63(95)55(37-89)120-77)116-53(73(101)102)27-43-15-11-9-12-16-43)81-57(91)35-87-33-49(83-85-87)39-112-25-23-110-21-19-109-20-22-111-24-26-113-40-50-34-88(86-84-50)36-58(92)82-60-72(117-54(74(103)104)28-44-17-13-10-14-18-44)64(96)56(38-90)121-78(60)119-52-32-48(76(106)108-6)30-46(8-2)70(52)123-80-68(100)66(98)62(94)42(4)115-80/h33-34,41-48,51-56,59-72,77-80,89-90,93-100H,7-32,35-40H2,1-6H3,(H,81,91)(H,82,92)(H,101,102)(H,103,104)/t41?,42?,45?,46?,47?,48?,51-,52-,53+,54+,55?,56?,59?,60?,61-,62-,63+,64+,65?,66?,67?,68?,69?,70?,71?,72?,77-,78+,79+,80+/m1/s1. The van der Waals surface area contributed by atoms with Gasteiger partial charge in [0, 0.05) is 0 Å². The normalized spacial score (nSPS) is 35.3. The zero-order valence-corrected chi connectivity index (χ0v) is 70.7. The maximum Gasteiger partial charge on any atom is 0.332 e. The SMILES string of the molecule is CCC1CC(C(=O)OC)C[C@@H](O[C@H]2OC(CO)[C@H](O)C(O[C@@H](CC3CCCCC3)C(=O)O)C2NC(=O)Cn2cc(COCCOCCOCCOCCOCc3cn(CC(=O)NC4C(O[C@@H](CC5CCCCC5)C(=O)O)[C@@H](O)C(CO)O[C@H]4O[C@@H]4CC(C(=O)OC)CC(CC)C4O[C@@H]4OC(C)[C@@H](O)C(O)C4O)nn3)nn2)C1O[C@@H]1OC(C)[C@@H](O)C(O)C1O. The minimum absolute atomic E-state index is 0.0138. The number of carboxylic acids is 2. The van der Waals surface area contributed by atoms with Crippen molar-refractivity contribution in [1.29, 1.82) is 0 Å². The van der Waals surface area contributed by atoms with E-state index in [0.717, 1.165) is 64.2 Å². The molecule has 10 rings (SSSR count). The van der Waals surface area contributed by atoms with Crippen LogP contribution in [0.2, 0.25) is 0 Å². The molecule has 4 saturated heterocycles. The van der Waals surface area contributed by atoms with Gasteiger partial charge in [-0.3, -0.25) is 19.2 Å². The number of nitrogens with zero attached hydrogens (tertiary/aromatic N) is 6. The summed E-state index contributed by atoms with van der Waals surface area (Å²) in [6.07, 6.45) is -21.9. The molecule has 4 saturated carbocycles. The molecule has 0 spiro atoms. The van der Waals surface area contributed by atoms with Crippen LogP contribution in [0.15, 0.2) is 12.4 Å². The zero-order valence-electron chi connectivity index (χ0n) is 70.7. The summed E-state index contributed by atoms with van der Waals surface area (Å²) in [7, 11) is 2.47. The van der Waals surface area contributed by atoms with Gasteiger partial charge in [0.05, 0.1) is 154 Å². The Kier molecular flexibility index (Phi) is 39.6. The Balaban J connectivity index is 0.667. The lowest BCUT2D eigenvalue weighted by Crippen LogP contribution is -2.67. The molecule has 0 aromatic carbocycles. The zero-order chi connectivity index (χ0) is 88.6. The highest BCUT2D eigenvalue weighted by Gasteiger charge is 2.57. The van der Waals surface area contributed by atoms with Crippen LogP contribution >= 0.6 is 0 Å². The first-order valence-electron chi connectivity index (χ1n) is 43.2. The highest BCUT2D eigenvalue weighted by Crippen LogP contribution is 2.44. The summed E-state index contributed by atoms with van der Waals surface area (Å²) >= 11 is 0. The number of amides is 2. The Hall–Kier alpha value is -5.90. The highest BCUT2D eigenvalue weighted by atomic mass is 16.8. The van der Waals surface area contributed by atoms with Gasteiger partial charge in [-0.25, -0.2) is 19.0 Å². The van der Waals surface area contributed by atoms with E-state index in [-0.39, 0.29) is 116 Å². The lowest BCUT2D eigenvalue weighted by atomic mass is 9.76. The molecule has 43 heteroatoms. The molecule has 14 N–H and O–H groups in total. The number of carboxylic acid groups (broad SMARTS) is 2. The van der Waals surface area contributed by atoms with Crippen molar-refractivity contribution >= 4 is 35.7 Å². The summed E-state index contributed by atoms with van der Waals surface area (Å²) in [5.74, 6) is -7.80. The number of ether oxygens (including phenoxy) is 17. The molecule has 0 radical (unpaired) electrons. The summed E-state index contributed by atoms with van der Waals surface area (Å²) in [4.78, 5) is 81.1.